The van der Waals surface area contributed by atoms with Crippen LogP contribution in [-0.2, 0) is 35.0 Å². The zero-order valence-electron chi connectivity index (χ0n) is 14.9. The highest BCUT2D eigenvalue weighted by Crippen LogP contribution is 2.30. The minimum Gasteiger partial charge on any atom is -0.466 e. The van der Waals surface area contributed by atoms with E-state index in [1.165, 1.54) is 12.1 Å². The predicted molar refractivity (Wildman–Crippen MR) is 89.4 cm³/mol. The van der Waals surface area contributed by atoms with Crippen LogP contribution in [0.5, 0.6) is 0 Å². The van der Waals surface area contributed by atoms with Gasteiger partial charge in [-0.1, -0.05) is 12.1 Å². The first-order valence-electron chi connectivity index (χ1n) is 8.11. The van der Waals surface area contributed by atoms with Crippen molar-refractivity contribution in [1.29, 1.82) is 0 Å². The zero-order valence-corrected chi connectivity index (χ0v) is 14.9. The number of carbonyl (C=O) groups is 3. The molecule has 9 heteroatoms. The van der Waals surface area contributed by atoms with E-state index in [-0.39, 0.29) is 31.8 Å². The lowest BCUT2D eigenvalue weighted by Crippen LogP contribution is -2.27. The topological polar surface area (TPSA) is 122 Å². The fourth-order valence-electron chi connectivity index (χ4n) is 2.28. The van der Waals surface area contributed by atoms with Crippen LogP contribution in [0.4, 0.5) is 5.69 Å². The summed E-state index contributed by atoms with van der Waals surface area (Å²) in [6.45, 7) is 4.94. The maximum Gasteiger partial charge on any atom is 0.325 e. The third-order valence-electron chi connectivity index (χ3n) is 3.30. The van der Waals surface area contributed by atoms with Crippen LogP contribution >= 0.6 is 0 Å². The molecule has 0 spiro atoms. The Morgan fingerprint density at radius 2 is 1.54 bits per heavy atom. The van der Waals surface area contributed by atoms with Crippen LogP contribution in [0.2, 0.25) is 0 Å². The van der Waals surface area contributed by atoms with Gasteiger partial charge in [-0.05, 0) is 26.3 Å². The van der Waals surface area contributed by atoms with Crippen molar-refractivity contribution in [3.63, 3.8) is 0 Å². The second-order valence-corrected chi connectivity index (χ2v) is 5.07. The van der Waals surface area contributed by atoms with Gasteiger partial charge in [0.05, 0.1) is 36.7 Å². The third-order valence-corrected chi connectivity index (χ3v) is 3.30. The summed E-state index contributed by atoms with van der Waals surface area (Å²) in [5.41, 5.74) is -0.303. The highest BCUT2D eigenvalue weighted by Gasteiger charge is 2.36. The van der Waals surface area contributed by atoms with E-state index < -0.39 is 34.4 Å². The maximum absolute atomic E-state index is 12.2. The van der Waals surface area contributed by atoms with Crippen molar-refractivity contribution in [3.05, 3.63) is 39.4 Å². The fourth-order valence-corrected chi connectivity index (χ4v) is 2.28. The van der Waals surface area contributed by atoms with E-state index in [1.54, 1.807) is 20.8 Å². The largest absolute Gasteiger partial charge is 0.466 e. The molecule has 0 N–H and O–H groups in total. The standard InChI is InChI=1S/C17H21NO8/c1-4-24-14(19)10-11-7-8-12(13(9-11)18(22)23)15(16(20)25-5-2)17(21)26-6-3/h7-9,15H,4-6,10H2,1-3H3. The average molecular weight is 367 g/mol. The Labute approximate surface area is 150 Å². The van der Waals surface area contributed by atoms with Crippen molar-refractivity contribution < 1.29 is 33.5 Å². The number of ether oxygens (including phenoxy) is 3. The van der Waals surface area contributed by atoms with E-state index in [9.17, 15) is 24.5 Å². The van der Waals surface area contributed by atoms with Crippen LogP contribution in [0.15, 0.2) is 18.2 Å². The molecule has 0 aliphatic carbocycles. The fraction of sp³-hybridized carbons (Fsp3) is 0.471. The van der Waals surface area contributed by atoms with Gasteiger partial charge in [0.25, 0.3) is 5.69 Å². The lowest BCUT2D eigenvalue weighted by Gasteiger charge is -2.15. The summed E-state index contributed by atoms with van der Waals surface area (Å²) in [6.07, 6.45) is -0.168. The van der Waals surface area contributed by atoms with Gasteiger partial charge in [-0.15, -0.1) is 0 Å². The maximum atomic E-state index is 12.2. The average Bonchev–Trinajstić information content (AvgIpc) is 2.56. The van der Waals surface area contributed by atoms with E-state index >= 15 is 0 Å². The Kier molecular flexibility index (Phi) is 8.20. The Bertz CT molecular complexity index is 667. The highest BCUT2D eigenvalue weighted by atomic mass is 16.6. The van der Waals surface area contributed by atoms with Gasteiger partial charge >= 0.3 is 17.9 Å². The lowest BCUT2D eigenvalue weighted by molar-refractivity contribution is -0.385. The molecule has 0 aromatic heterocycles. The van der Waals surface area contributed by atoms with Crippen molar-refractivity contribution in [1.82, 2.24) is 0 Å². The molecule has 0 aliphatic heterocycles. The van der Waals surface area contributed by atoms with Crippen LogP contribution in [-0.4, -0.2) is 42.7 Å². The van der Waals surface area contributed by atoms with Gasteiger partial charge in [0.2, 0.25) is 0 Å². The second kappa shape index (κ2) is 10.1. The number of nitrogens with zero attached hydrogens (tertiary/aromatic N) is 1. The first-order valence-corrected chi connectivity index (χ1v) is 8.11. The minimum absolute atomic E-state index is 0.00345. The number of esters is 3. The van der Waals surface area contributed by atoms with Crippen LogP contribution in [0, 0.1) is 10.1 Å². The van der Waals surface area contributed by atoms with E-state index in [0.717, 1.165) is 6.07 Å². The number of hydrogen-bond acceptors (Lipinski definition) is 8. The number of rotatable bonds is 9. The molecule has 0 atom stereocenters. The van der Waals surface area contributed by atoms with Crippen LogP contribution < -0.4 is 0 Å². The van der Waals surface area contributed by atoms with Gasteiger partial charge in [-0.25, -0.2) is 0 Å². The van der Waals surface area contributed by atoms with Gasteiger partial charge in [0.15, 0.2) is 5.92 Å². The summed E-state index contributed by atoms with van der Waals surface area (Å²) < 4.78 is 14.5. The van der Waals surface area contributed by atoms with Crippen LogP contribution in [0.25, 0.3) is 0 Å². The molecular formula is C17H21NO8. The Hall–Kier alpha value is -2.97. The molecule has 0 heterocycles. The van der Waals surface area contributed by atoms with Gasteiger partial charge in [-0.2, -0.15) is 0 Å². The number of hydrogen-bond donors (Lipinski definition) is 0. The molecule has 26 heavy (non-hydrogen) atoms. The van der Waals surface area contributed by atoms with Gasteiger partial charge in [-0.3, -0.25) is 24.5 Å². The summed E-state index contributed by atoms with van der Waals surface area (Å²) in [5.74, 6) is -3.99. The predicted octanol–water partition coefficient (Wildman–Crippen LogP) is 1.91. The van der Waals surface area contributed by atoms with Gasteiger partial charge < -0.3 is 14.2 Å². The molecule has 142 valence electrons. The summed E-state index contributed by atoms with van der Waals surface area (Å²) in [4.78, 5) is 46.6. The van der Waals surface area contributed by atoms with Crippen molar-refractivity contribution in [3.8, 4) is 0 Å². The highest BCUT2D eigenvalue weighted by molar-refractivity contribution is 6.01. The quantitative estimate of drug-likeness (QED) is 0.213. The van der Waals surface area contributed by atoms with Crippen molar-refractivity contribution in [2.75, 3.05) is 19.8 Å². The van der Waals surface area contributed by atoms with E-state index in [0.29, 0.717) is 5.56 Å². The molecule has 1 rings (SSSR count). The molecule has 1 aromatic rings. The Morgan fingerprint density at radius 3 is 2.00 bits per heavy atom. The summed E-state index contributed by atoms with van der Waals surface area (Å²) >= 11 is 0. The molecule has 0 bridgehead atoms. The van der Waals surface area contributed by atoms with Crippen molar-refractivity contribution in [2.24, 2.45) is 0 Å². The van der Waals surface area contributed by atoms with Crippen molar-refractivity contribution >= 4 is 23.6 Å². The molecule has 1 aromatic carbocycles. The molecule has 0 amide bonds. The normalized spacial score (nSPS) is 10.3. The van der Waals surface area contributed by atoms with Crippen LogP contribution in [0.3, 0.4) is 0 Å². The Balaban J connectivity index is 3.32. The van der Waals surface area contributed by atoms with Crippen LogP contribution in [0.1, 0.15) is 37.8 Å². The molecule has 0 fully saturated rings. The lowest BCUT2D eigenvalue weighted by atomic mass is 9.95. The molecule has 9 nitrogen and oxygen atoms in total. The first kappa shape index (κ1) is 21.1. The smallest absolute Gasteiger partial charge is 0.325 e. The molecule has 0 radical (unpaired) electrons. The summed E-state index contributed by atoms with van der Waals surface area (Å²) in [6, 6.07) is 3.81. The molecule has 0 unspecified atom stereocenters. The molecule has 0 saturated carbocycles. The summed E-state index contributed by atoms with van der Waals surface area (Å²) in [5, 5.41) is 11.4. The SMILES string of the molecule is CCOC(=O)Cc1ccc(C(C(=O)OCC)C(=O)OCC)c([N+](=O)[O-])c1. The van der Waals surface area contributed by atoms with Gasteiger partial charge in [0.1, 0.15) is 0 Å². The molecule has 0 saturated heterocycles. The summed E-state index contributed by atoms with van der Waals surface area (Å²) in [7, 11) is 0. The zero-order chi connectivity index (χ0) is 19.7. The van der Waals surface area contributed by atoms with E-state index in [4.69, 9.17) is 14.2 Å². The number of benzene rings is 1. The second-order valence-electron chi connectivity index (χ2n) is 5.07. The van der Waals surface area contributed by atoms with E-state index in [1.807, 2.05) is 0 Å². The number of nitro groups is 1. The molecular weight excluding hydrogens is 346 g/mol. The first-order chi connectivity index (χ1) is 12.3. The van der Waals surface area contributed by atoms with E-state index in [2.05, 4.69) is 0 Å². The van der Waals surface area contributed by atoms with Crippen molar-refractivity contribution in [2.45, 2.75) is 33.1 Å². The number of carbonyl (C=O) groups excluding carboxylic acids is 3. The monoisotopic (exact) mass is 367 g/mol. The number of nitro benzene ring substituents is 1. The van der Waals surface area contributed by atoms with Gasteiger partial charge in [0, 0.05) is 6.07 Å². The molecule has 0 aliphatic rings. The minimum atomic E-state index is -1.58. The third kappa shape index (κ3) is 5.54. The Morgan fingerprint density at radius 1 is 1.00 bits per heavy atom.